The lowest BCUT2D eigenvalue weighted by atomic mass is 10.1. The van der Waals surface area contributed by atoms with Crippen molar-refractivity contribution in [1.82, 2.24) is 10.3 Å². The Bertz CT molecular complexity index is 339. The molecule has 1 N–H and O–H groups in total. The number of nitrogens with zero attached hydrogens (tertiary/aromatic N) is 1. The molecule has 1 aromatic heterocycles. The summed E-state index contributed by atoms with van der Waals surface area (Å²) in [7, 11) is 0. The summed E-state index contributed by atoms with van der Waals surface area (Å²) in [4.78, 5) is 4.39. The number of ether oxygens (including phenoxy) is 1. The molecule has 18 heavy (non-hydrogen) atoms. The van der Waals surface area contributed by atoms with Crippen molar-refractivity contribution < 1.29 is 4.74 Å². The molecule has 1 aromatic rings. The maximum atomic E-state index is 5.63. The van der Waals surface area contributed by atoms with Crippen molar-refractivity contribution in [3.8, 4) is 5.75 Å². The van der Waals surface area contributed by atoms with E-state index < -0.39 is 0 Å². The average molecular weight is 250 g/mol. The molecular weight excluding hydrogens is 224 g/mol. The molecule has 3 heteroatoms. The fourth-order valence-electron chi connectivity index (χ4n) is 1.37. The predicted molar refractivity (Wildman–Crippen MR) is 75.8 cm³/mol. The van der Waals surface area contributed by atoms with E-state index in [-0.39, 0.29) is 5.54 Å². The summed E-state index contributed by atoms with van der Waals surface area (Å²) in [6.45, 7) is 12.4. The van der Waals surface area contributed by atoms with E-state index in [2.05, 4.69) is 44.9 Å². The summed E-state index contributed by atoms with van der Waals surface area (Å²) in [6, 6.07) is 4.01. The van der Waals surface area contributed by atoms with Crippen molar-refractivity contribution in [2.24, 2.45) is 5.92 Å². The minimum atomic E-state index is 0.119. The van der Waals surface area contributed by atoms with Gasteiger partial charge in [0.2, 0.25) is 0 Å². The van der Waals surface area contributed by atoms with Crippen molar-refractivity contribution >= 4 is 0 Å². The highest BCUT2D eigenvalue weighted by molar-refractivity contribution is 5.19. The van der Waals surface area contributed by atoms with Crippen LogP contribution >= 0.6 is 0 Å². The number of rotatable bonds is 6. The zero-order chi connectivity index (χ0) is 13.6. The van der Waals surface area contributed by atoms with Gasteiger partial charge in [-0.05, 0) is 45.2 Å². The number of pyridine rings is 1. The van der Waals surface area contributed by atoms with Crippen LogP contribution < -0.4 is 10.1 Å². The van der Waals surface area contributed by atoms with Crippen LogP contribution in [0.5, 0.6) is 5.75 Å². The van der Waals surface area contributed by atoms with E-state index in [1.165, 1.54) is 0 Å². The number of hydrogen-bond acceptors (Lipinski definition) is 3. The van der Waals surface area contributed by atoms with E-state index in [1.807, 2.05) is 12.1 Å². The van der Waals surface area contributed by atoms with Crippen molar-refractivity contribution in [3.05, 3.63) is 24.0 Å². The van der Waals surface area contributed by atoms with Crippen LogP contribution in [0.4, 0.5) is 0 Å². The molecule has 102 valence electrons. The van der Waals surface area contributed by atoms with Crippen molar-refractivity contribution in [3.63, 3.8) is 0 Å². The lowest BCUT2D eigenvalue weighted by Crippen LogP contribution is -2.35. The normalized spacial score (nSPS) is 11.9. The molecule has 0 amide bonds. The Labute approximate surface area is 111 Å². The standard InChI is InChI=1S/C15H26N2O/c1-12(2)8-9-18-14-7-6-13(16-11-14)10-17-15(3,4)5/h6-7,11-12,17H,8-10H2,1-5H3. The molecule has 0 aliphatic rings. The van der Waals surface area contributed by atoms with Gasteiger partial charge in [0, 0.05) is 12.1 Å². The monoisotopic (exact) mass is 250 g/mol. The molecule has 1 heterocycles. The van der Waals surface area contributed by atoms with Crippen LogP contribution in [0.15, 0.2) is 18.3 Å². The maximum Gasteiger partial charge on any atom is 0.137 e. The molecule has 0 bridgehead atoms. The summed E-state index contributed by atoms with van der Waals surface area (Å²) in [5, 5.41) is 3.41. The molecule has 0 fully saturated rings. The fraction of sp³-hybridized carbons (Fsp3) is 0.667. The Morgan fingerprint density at radius 2 is 2.00 bits per heavy atom. The third kappa shape index (κ3) is 6.60. The molecule has 0 aliphatic carbocycles. The first-order valence-corrected chi connectivity index (χ1v) is 6.69. The second-order valence-corrected chi connectivity index (χ2v) is 6.12. The first-order valence-electron chi connectivity index (χ1n) is 6.69. The van der Waals surface area contributed by atoms with Gasteiger partial charge in [0.25, 0.3) is 0 Å². The Morgan fingerprint density at radius 1 is 1.28 bits per heavy atom. The smallest absolute Gasteiger partial charge is 0.137 e. The summed E-state index contributed by atoms with van der Waals surface area (Å²) >= 11 is 0. The molecule has 0 radical (unpaired) electrons. The molecule has 0 spiro atoms. The van der Waals surface area contributed by atoms with Crippen LogP contribution in [0.25, 0.3) is 0 Å². The van der Waals surface area contributed by atoms with Gasteiger partial charge < -0.3 is 10.1 Å². The molecule has 0 saturated carbocycles. The molecule has 0 saturated heterocycles. The average Bonchev–Trinajstić information content (AvgIpc) is 2.26. The van der Waals surface area contributed by atoms with Gasteiger partial charge in [-0.2, -0.15) is 0 Å². The number of aromatic nitrogens is 1. The highest BCUT2D eigenvalue weighted by atomic mass is 16.5. The van der Waals surface area contributed by atoms with Gasteiger partial charge in [0.15, 0.2) is 0 Å². The van der Waals surface area contributed by atoms with Crippen LogP contribution in [-0.4, -0.2) is 17.1 Å². The van der Waals surface area contributed by atoms with E-state index in [0.717, 1.165) is 31.0 Å². The zero-order valence-corrected chi connectivity index (χ0v) is 12.3. The quantitative estimate of drug-likeness (QED) is 0.840. The molecule has 0 aliphatic heterocycles. The SMILES string of the molecule is CC(C)CCOc1ccc(CNC(C)(C)C)nc1. The highest BCUT2D eigenvalue weighted by Gasteiger charge is 2.08. The van der Waals surface area contributed by atoms with Gasteiger partial charge >= 0.3 is 0 Å². The minimum absolute atomic E-state index is 0.119. The first kappa shape index (κ1) is 15.0. The van der Waals surface area contributed by atoms with Crippen LogP contribution in [0, 0.1) is 5.92 Å². The van der Waals surface area contributed by atoms with Gasteiger partial charge in [-0.15, -0.1) is 0 Å². The molecule has 0 unspecified atom stereocenters. The summed E-state index contributed by atoms with van der Waals surface area (Å²) in [6.07, 6.45) is 2.88. The highest BCUT2D eigenvalue weighted by Crippen LogP contribution is 2.11. The zero-order valence-electron chi connectivity index (χ0n) is 12.3. The van der Waals surface area contributed by atoms with E-state index in [1.54, 1.807) is 6.20 Å². The van der Waals surface area contributed by atoms with Crippen molar-refractivity contribution in [1.29, 1.82) is 0 Å². The van der Waals surface area contributed by atoms with Gasteiger partial charge in [-0.1, -0.05) is 13.8 Å². The van der Waals surface area contributed by atoms with Crippen LogP contribution in [0.3, 0.4) is 0 Å². The Morgan fingerprint density at radius 3 is 2.50 bits per heavy atom. The summed E-state index contributed by atoms with van der Waals surface area (Å²) in [5.41, 5.74) is 1.16. The van der Waals surface area contributed by atoms with Crippen LogP contribution in [0.1, 0.15) is 46.7 Å². The third-order valence-corrected chi connectivity index (χ3v) is 2.56. The molecule has 0 atom stereocenters. The largest absolute Gasteiger partial charge is 0.492 e. The third-order valence-electron chi connectivity index (χ3n) is 2.56. The second kappa shape index (κ2) is 6.74. The lowest BCUT2D eigenvalue weighted by Gasteiger charge is -2.20. The molecule has 3 nitrogen and oxygen atoms in total. The predicted octanol–water partition coefficient (Wildman–Crippen LogP) is 3.39. The summed E-state index contributed by atoms with van der Waals surface area (Å²) < 4.78 is 5.63. The van der Waals surface area contributed by atoms with Crippen molar-refractivity contribution in [2.75, 3.05) is 6.61 Å². The number of nitrogens with one attached hydrogen (secondary N) is 1. The Kier molecular flexibility index (Phi) is 5.60. The van der Waals surface area contributed by atoms with Crippen molar-refractivity contribution in [2.45, 2.75) is 53.1 Å². The molecular formula is C15H26N2O. The van der Waals surface area contributed by atoms with Crippen LogP contribution in [0.2, 0.25) is 0 Å². The van der Waals surface area contributed by atoms with Gasteiger partial charge in [0.05, 0.1) is 18.5 Å². The summed E-state index contributed by atoms with van der Waals surface area (Å²) in [5.74, 6) is 1.53. The van der Waals surface area contributed by atoms with Gasteiger partial charge in [0.1, 0.15) is 5.75 Å². The Balaban J connectivity index is 2.38. The maximum absolute atomic E-state index is 5.63. The first-order chi connectivity index (χ1) is 8.37. The van der Waals surface area contributed by atoms with E-state index in [0.29, 0.717) is 5.92 Å². The topological polar surface area (TPSA) is 34.1 Å². The molecule has 1 rings (SSSR count). The Hall–Kier alpha value is -1.09. The van der Waals surface area contributed by atoms with E-state index in [4.69, 9.17) is 4.74 Å². The number of hydrogen-bond donors (Lipinski definition) is 1. The second-order valence-electron chi connectivity index (χ2n) is 6.12. The fourth-order valence-corrected chi connectivity index (χ4v) is 1.37. The van der Waals surface area contributed by atoms with E-state index in [9.17, 15) is 0 Å². The molecule has 0 aromatic carbocycles. The lowest BCUT2D eigenvalue weighted by molar-refractivity contribution is 0.288. The minimum Gasteiger partial charge on any atom is -0.492 e. The van der Waals surface area contributed by atoms with Gasteiger partial charge in [-0.3, -0.25) is 4.98 Å². The van der Waals surface area contributed by atoms with Crippen LogP contribution in [-0.2, 0) is 6.54 Å². The van der Waals surface area contributed by atoms with E-state index >= 15 is 0 Å². The van der Waals surface area contributed by atoms with Gasteiger partial charge in [-0.25, -0.2) is 0 Å².